The van der Waals surface area contributed by atoms with Crippen LogP contribution in [0.15, 0.2) is 47.4 Å². The van der Waals surface area contributed by atoms with Gasteiger partial charge >= 0.3 is 6.61 Å². The number of carbonyl (C=O) groups is 1. The minimum atomic E-state index is -2.88. The summed E-state index contributed by atoms with van der Waals surface area (Å²) < 4.78 is 39.8. The van der Waals surface area contributed by atoms with Crippen LogP contribution in [0.3, 0.4) is 0 Å². The van der Waals surface area contributed by atoms with Gasteiger partial charge in [0.2, 0.25) is 0 Å². The average Bonchev–Trinajstić information content (AvgIpc) is 2.99. The van der Waals surface area contributed by atoms with Crippen LogP contribution in [0, 0.1) is 0 Å². The van der Waals surface area contributed by atoms with E-state index >= 15 is 0 Å². The van der Waals surface area contributed by atoms with Gasteiger partial charge in [0.05, 0.1) is 19.1 Å². The van der Waals surface area contributed by atoms with Crippen molar-refractivity contribution in [1.82, 2.24) is 4.90 Å². The van der Waals surface area contributed by atoms with Gasteiger partial charge in [-0.05, 0) is 47.9 Å². The zero-order valence-corrected chi connectivity index (χ0v) is 17.9. The molecule has 3 rings (SSSR count). The van der Waals surface area contributed by atoms with Gasteiger partial charge in [-0.25, -0.2) is 0 Å². The van der Waals surface area contributed by atoms with Gasteiger partial charge in [0.15, 0.2) is 11.5 Å². The molecule has 0 aromatic heterocycles. The fraction of sp³-hybridized carbons (Fsp3) is 0.238. The Labute approximate surface area is 182 Å². The van der Waals surface area contributed by atoms with Gasteiger partial charge in [-0.15, -0.1) is 0 Å². The van der Waals surface area contributed by atoms with Gasteiger partial charge in [0, 0.05) is 6.54 Å². The molecule has 30 heavy (non-hydrogen) atoms. The van der Waals surface area contributed by atoms with Crippen LogP contribution >= 0.6 is 24.0 Å². The molecule has 0 unspecified atom stereocenters. The molecule has 1 aliphatic rings. The third kappa shape index (κ3) is 5.28. The topological polar surface area (TPSA) is 48.0 Å². The van der Waals surface area contributed by atoms with Crippen LogP contribution in [0.1, 0.15) is 11.1 Å². The SMILES string of the molecule is COc1ccc(CCN2C(=O)/C(=C/c3ccc(OC(F)F)cc3)SC2=S)cc1OC. The molecule has 0 radical (unpaired) electrons. The van der Waals surface area contributed by atoms with E-state index in [0.717, 1.165) is 5.56 Å². The maximum Gasteiger partial charge on any atom is 0.387 e. The molecule has 1 aliphatic heterocycles. The molecule has 158 valence electrons. The van der Waals surface area contributed by atoms with E-state index in [1.165, 1.54) is 23.9 Å². The molecule has 0 bridgehead atoms. The number of amides is 1. The van der Waals surface area contributed by atoms with Crippen LogP contribution in [0.2, 0.25) is 0 Å². The van der Waals surface area contributed by atoms with E-state index in [0.29, 0.717) is 39.3 Å². The molecule has 9 heteroatoms. The van der Waals surface area contributed by atoms with E-state index in [1.807, 2.05) is 18.2 Å². The van der Waals surface area contributed by atoms with Crippen LogP contribution in [-0.4, -0.2) is 42.5 Å². The lowest BCUT2D eigenvalue weighted by Gasteiger charge is -2.15. The summed E-state index contributed by atoms with van der Waals surface area (Å²) in [5.74, 6) is 1.14. The highest BCUT2D eigenvalue weighted by Crippen LogP contribution is 2.33. The lowest BCUT2D eigenvalue weighted by atomic mass is 10.1. The predicted molar refractivity (Wildman–Crippen MR) is 116 cm³/mol. The molecule has 2 aromatic rings. The number of hydrogen-bond donors (Lipinski definition) is 0. The Morgan fingerprint density at radius 3 is 2.43 bits per heavy atom. The quantitative estimate of drug-likeness (QED) is 0.427. The van der Waals surface area contributed by atoms with Crippen LogP contribution in [0.25, 0.3) is 6.08 Å². The summed E-state index contributed by atoms with van der Waals surface area (Å²) >= 11 is 6.58. The Bertz CT molecular complexity index is 964. The summed E-state index contributed by atoms with van der Waals surface area (Å²) in [6, 6.07) is 11.7. The Kier molecular flexibility index (Phi) is 7.28. The van der Waals surface area contributed by atoms with E-state index in [9.17, 15) is 13.6 Å². The van der Waals surface area contributed by atoms with Crippen LogP contribution < -0.4 is 14.2 Å². The molecular formula is C21H19F2NO4S2. The molecule has 0 atom stereocenters. The first-order valence-electron chi connectivity index (χ1n) is 8.92. The standard InChI is InChI=1S/C21H19F2NO4S2/c1-26-16-8-5-14(11-17(16)27-2)9-10-24-19(25)18(30-21(24)29)12-13-3-6-15(7-4-13)28-20(22)23/h3-8,11-12,20H,9-10H2,1-2H3/b18-12-. The molecule has 1 heterocycles. The van der Waals surface area contributed by atoms with Crippen molar-refractivity contribution in [3.05, 3.63) is 58.5 Å². The second-order valence-corrected chi connectivity index (χ2v) is 7.90. The van der Waals surface area contributed by atoms with E-state index in [2.05, 4.69) is 4.74 Å². The van der Waals surface area contributed by atoms with Gasteiger partial charge in [-0.1, -0.05) is 42.2 Å². The lowest BCUT2D eigenvalue weighted by Crippen LogP contribution is -2.30. The van der Waals surface area contributed by atoms with Crippen molar-refractivity contribution in [3.8, 4) is 17.2 Å². The molecular weight excluding hydrogens is 432 g/mol. The average molecular weight is 452 g/mol. The number of ether oxygens (including phenoxy) is 3. The summed E-state index contributed by atoms with van der Waals surface area (Å²) in [6.07, 6.45) is 2.28. The number of methoxy groups -OCH3 is 2. The maximum absolute atomic E-state index is 12.8. The highest BCUT2D eigenvalue weighted by Gasteiger charge is 2.31. The van der Waals surface area contributed by atoms with Gasteiger partial charge in [0.1, 0.15) is 10.1 Å². The first-order valence-corrected chi connectivity index (χ1v) is 10.1. The van der Waals surface area contributed by atoms with E-state index in [-0.39, 0.29) is 11.7 Å². The number of halogens is 2. The van der Waals surface area contributed by atoms with Crippen molar-refractivity contribution in [2.24, 2.45) is 0 Å². The maximum atomic E-state index is 12.8. The second-order valence-electron chi connectivity index (χ2n) is 6.22. The zero-order valence-electron chi connectivity index (χ0n) is 16.3. The van der Waals surface area contributed by atoms with Gasteiger partial charge in [-0.3, -0.25) is 9.69 Å². The van der Waals surface area contributed by atoms with Crippen LogP contribution in [-0.2, 0) is 11.2 Å². The fourth-order valence-electron chi connectivity index (χ4n) is 2.87. The molecule has 5 nitrogen and oxygen atoms in total. The first kappa shape index (κ1) is 22.0. The fourth-order valence-corrected chi connectivity index (χ4v) is 4.18. The third-order valence-corrected chi connectivity index (χ3v) is 5.73. The molecule has 1 saturated heterocycles. The van der Waals surface area contributed by atoms with Gasteiger partial charge in [-0.2, -0.15) is 8.78 Å². The van der Waals surface area contributed by atoms with E-state index < -0.39 is 6.61 Å². The second kappa shape index (κ2) is 9.90. The Hall–Kier alpha value is -2.65. The van der Waals surface area contributed by atoms with E-state index in [1.54, 1.807) is 37.3 Å². The largest absolute Gasteiger partial charge is 0.493 e. The van der Waals surface area contributed by atoms with Crippen LogP contribution in [0.5, 0.6) is 17.2 Å². The van der Waals surface area contributed by atoms with Crippen molar-refractivity contribution in [2.45, 2.75) is 13.0 Å². The van der Waals surface area contributed by atoms with Crippen molar-refractivity contribution >= 4 is 40.3 Å². The highest BCUT2D eigenvalue weighted by molar-refractivity contribution is 8.26. The summed E-state index contributed by atoms with van der Waals surface area (Å²) in [5, 5.41) is 0. The van der Waals surface area contributed by atoms with Gasteiger partial charge < -0.3 is 14.2 Å². The zero-order chi connectivity index (χ0) is 21.7. The Morgan fingerprint density at radius 2 is 1.80 bits per heavy atom. The van der Waals surface area contributed by atoms with Crippen molar-refractivity contribution in [1.29, 1.82) is 0 Å². The molecule has 2 aromatic carbocycles. The lowest BCUT2D eigenvalue weighted by molar-refractivity contribution is -0.122. The Morgan fingerprint density at radius 1 is 1.10 bits per heavy atom. The van der Waals surface area contributed by atoms with Gasteiger partial charge in [0.25, 0.3) is 5.91 Å². The normalized spacial score (nSPS) is 15.2. The number of thioether (sulfide) groups is 1. The Balaban J connectivity index is 1.66. The molecule has 0 aliphatic carbocycles. The molecule has 0 N–H and O–H groups in total. The van der Waals surface area contributed by atoms with E-state index in [4.69, 9.17) is 21.7 Å². The smallest absolute Gasteiger partial charge is 0.387 e. The monoisotopic (exact) mass is 451 g/mol. The summed E-state index contributed by atoms with van der Waals surface area (Å²) in [7, 11) is 3.14. The minimum absolute atomic E-state index is 0.0598. The summed E-state index contributed by atoms with van der Waals surface area (Å²) in [5.41, 5.74) is 1.68. The number of hydrogen-bond acceptors (Lipinski definition) is 6. The number of rotatable bonds is 8. The molecule has 0 saturated carbocycles. The minimum Gasteiger partial charge on any atom is -0.493 e. The number of thiocarbonyl (C=S) groups is 1. The predicted octanol–water partition coefficient (Wildman–Crippen LogP) is 4.75. The summed E-state index contributed by atoms with van der Waals surface area (Å²) in [6.45, 7) is -2.45. The third-order valence-electron chi connectivity index (χ3n) is 4.35. The van der Waals surface area contributed by atoms with Crippen molar-refractivity contribution < 1.29 is 27.8 Å². The van der Waals surface area contributed by atoms with Crippen LogP contribution in [0.4, 0.5) is 8.78 Å². The number of alkyl halides is 2. The number of nitrogens with zero attached hydrogens (tertiary/aromatic N) is 1. The summed E-state index contributed by atoms with van der Waals surface area (Å²) in [4.78, 5) is 14.8. The molecule has 1 fully saturated rings. The number of benzene rings is 2. The first-order chi connectivity index (χ1) is 14.4. The molecule has 0 spiro atoms. The van der Waals surface area contributed by atoms with Crippen molar-refractivity contribution in [3.63, 3.8) is 0 Å². The molecule has 1 amide bonds. The number of carbonyl (C=O) groups excluding carboxylic acids is 1. The highest BCUT2D eigenvalue weighted by atomic mass is 32.2. The van der Waals surface area contributed by atoms with Crippen molar-refractivity contribution in [2.75, 3.05) is 20.8 Å².